The van der Waals surface area contributed by atoms with E-state index < -0.39 is 11.6 Å². The van der Waals surface area contributed by atoms with Gasteiger partial charge >= 0.3 is 0 Å². The van der Waals surface area contributed by atoms with Crippen LogP contribution in [0.3, 0.4) is 0 Å². The Morgan fingerprint density at radius 1 is 1.09 bits per heavy atom. The number of amides is 2. The topological polar surface area (TPSA) is 49.9 Å². The van der Waals surface area contributed by atoms with E-state index in [-0.39, 0.29) is 29.7 Å². The average Bonchev–Trinajstić information content (AvgIpc) is 3.73. The van der Waals surface area contributed by atoms with Crippen molar-refractivity contribution in [3.63, 3.8) is 0 Å². The Kier molecular flexibility index (Phi) is 7.83. The third-order valence-electron chi connectivity index (χ3n) is 7.11. The van der Waals surface area contributed by atoms with Crippen molar-refractivity contribution in [3.8, 4) is 5.75 Å². The molecule has 1 saturated carbocycles. The van der Waals surface area contributed by atoms with Crippen LogP contribution in [-0.4, -0.2) is 54.9 Å². The van der Waals surface area contributed by atoms with E-state index >= 15 is 0 Å². The average molecular weight is 483 g/mol. The van der Waals surface area contributed by atoms with E-state index in [2.05, 4.69) is 6.07 Å². The molecule has 1 unspecified atom stereocenters. The van der Waals surface area contributed by atoms with E-state index in [0.29, 0.717) is 18.7 Å². The fraction of sp³-hybridized carbons (Fsp3) is 0.429. The molecule has 0 aromatic heterocycles. The molecule has 2 aliphatic rings. The van der Waals surface area contributed by atoms with Crippen molar-refractivity contribution in [2.24, 2.45) is 11.8 Å². The lowest BCUT2D eigenvalue weighted by molar-refractivity contribution is -0.136. The largest absolute Gasteiger partial charge is 0.497 e. The number of hydrogen-bond acceptors (Lipinski definition) is 3. The van der Waals surface area contributed by atoms with Gasteiger partial charge in [-0.1, -0.05) is 18.2 Å². The van der Waals surface area contributed by atoms with Crippen molar-refractivity contribution >= 4 is 17.9 Å². The predicted octanol–water partition coefficient (Wildman–Crippen LogP) is 4.70. The molecule has 1 saturated heterocycles. The van der Waals surface area contributed by atoms with Crippen LogP contribution in [0.2, 0.25) is 0 Å². The second-order valence-corrected chi connectivity index (χ2v) is 9.52. The summed E-state index contributed by atoms with van der Waals surface area (Å²) in [5, 5.41) is 0. The first kappa shape index (κ1) is 24.9. The quantitative estimate of drug-likeness (QED) is 0.513. The molecule has 2 amide bonds. The van der Waals surface area contributed by atoms with Crippen molar-refractivity contribution in [2.45, 2.75) is 38.1 Å². The highest BCUT2D eigenvalue weighted by molar-refractivity contribution is 5.91. The number of rotatable bonds is 8. The fourth-order valence-electron chi connectivity index (χ4n) is 4.84. The molecule has 5 nitrogen and oxygen atoms in total. The number of ether oxygens (including phenoxy) is 1. The number of carbonyl (C=O) groups is 2. The van der Waals surface area contributed by atoms with Crippen LogP contribution in [0.25, 0.3) is 6.08 Å². The Morgan fingerprint density at radius 2 is 1.83 bits per heavy atom. The minimum Gasteiger partial charge on any atom is -0.497 e. The summed E-state index contributed by atoms with van der Waals surface area (Å²) in [7, 11) is 3.56. The molecule has 2 fully saturated rings. The van der Waals surface area contributed by atoms with Gasteiger partial charge in [0.1, 0.15) is 5.75 Å². The van der Waals surface area contributed by atoms with Gasteiger partial charge in [0.25, 0.3) is 0 Å². The summed E-state index contributed by atoms with van der Waals surface area (Å²) in [6, 6.07) is 11.6. The van der Waals surface area contributed by atoms with Crippen LogP contribution in [0.15, 0.2) is 48.5 Å². The van der Waals surface area contributed by atoms with Crippen LogP contribution in [-0.2, 0) is 16.0 Å². The van der Waals surface area contributed by atoms with Crippen LogP contribution in [0, 0.1) is 23.5 Å². The van der Waals surface area contributed by atoms with Crippen LogP contribution in [0.1, 0.15) is 36.8 Å². The smallest absolute Gasteiger partial charge is 0.246 e. The Hall–Kier alpha value is -3.22. The molecule has 0 bridgehead atoms. The summed E-state index contributed by atoms with van der Waals surface area (Å²) >= 11 is 0. The lowest BCUT2D eigenvalue weighted by atomic mass is 9.84. The highest BCUT2D eigenvalue weighted by Crippen LogP contribution is 2.34. The van der Waals surface area contributed by atoms with Crippen molar-refractivity contribution in [2.75, 3.05) is 27.2 Å². The lowest BCUT2D eigenvalue weighted by Gasteiger charge is -2.40. The first-order chi connectivity index (χ1) is 16.9. The van der Waals surface area contributed by atoms with Gasteiger partial charge in [-0.15, -0.1) is 0 Å². The van der Waals surface area contributed by atoms with E-state index in [9.17, 15) is 18.4 Å². The van der Waals surface area contributed by atoms with E-state index in [1.54, 1.807) is 12.0 Å². The van der Waals surface area contributed by atoms with Gasteiger partial charge in [-0.3, -0.25) is 9.59 Å². The third-order valence-corrected chi connectivity index (χ3v) is 7.11. The number of halogens is 2. The van der Waals surface area contributed by atoms with Crippen LogP contribution in [0.4, 0.5) is 8.78 Å². The molecular weight excluding hydrogens is 450 g/mol. The predicted molar refractivity (Wildman–Crippen MR) is 131 cm³/mol. The molecule has 0 spiro atoms. The summed E-state index contributed by atoms with van der Waals surface area (Å²) in [5.74, 6) is -0.572. The maximum atomic E-state index is 13.4. The van der Waals surface area contributed by atoms with Crippen molar-refractivity contribution < 1.29 is 23.1 Å². The van der Waals surface area contributed by atoms with Gasteiger partial charge in [0.2, 0.25) is 11.8 Å². The lowest BCUT2D eigenvalue weighted by Crippen LogP contribution is -2.48. The molecule has 1 heterocycles. The second kappa shape index (κ2) is 11.0. The number of hydrogen-bond donors (Lipinski definition) is 0. The Morgan fingerprint density at radius 3 is 2.49 bits per heavy atom. The maximum Gasteiger partial charge on any atom is 0.246 e. The SMILES string of the molecule is COc1cccc(CC(C2CCN(C(=O)C=Cc3ccc(F)c(F)c3)CC2)N(C)C(=O)C2CC2)c1. The van der Waals surface area contributed by atoms with E-state index in [4.69, 9.17) is 4.74 Å². The summed E-state index contributed by atoms with van der Waals surface area (Å²) in [6.45, 7) is 1.18. The van der Waals surface area contributed by atoms with E-state index in [1.807, 2.05) is 30.1 Å². The number of likely N-dealkylation sites (N-methyl/N-ethyl adjacent to an activating group) is 1. The molecule has 35 heavy (non-hydrogen) atoms. The van der Waals surface area contributed by atoms with Crippen molar-refractivity contribution in [3.05, 3.63) is 71.3 Å². The van der Waals surface area contributed by atoms with Gasteiger partial charge in [0.15, 0.2) is 11.6 Å². The van der Waals surface area contributed by atoms with Crippen LogP contribution >= 0.6 is 0 Å². The molecule has 2 aromatic rings. The van der Waals surface area contributed by atoms with Gasteiger partial charge in [0, 0.05) is 38.2 Å². The van der Waals surface area contributed by atoms with Crippen molar-refractivity contribution in [1.29, 1.82) is 0 Å². The molecule has 4 rings (SSSR count). The highest BCUT2D eigenvalue weighted by Gasteiger charge is 2.38. The number of benzene rings is 2. The summed E-state index contributed by atoms with van der Waals surface area (Å²) in [6.07, 6.45) is 7.16. The van der Waals surface area contributed by atoms with Crippen molar-refractivity contribution in [1.82, 2.24) is 9.80 Å². The van der Waals surface area contributed by atoms with Crippen LogP contribution in [0.5, 0.6) is 5.75 Å². The van der Waals surface area contributed by atoms with Gasteiger partial charge in [0.05, 0.1) is 7.11 Å². The van der Waals surface area contributed by atoms with Gasteiger partial charge < -0.3 is 14.5 Å². The van der Waals surface area contributed by atoms with Gasteiger partial charge in [-0.2, -0.15) is 0 Å². The number of likely N-dealkylation sites (tertiary alicyclic amines) is 1. The number of carbonyl (C=O) groups excluding carboxylic acids is 2. The summed E-state index contributed by atoms with van der Waals surface area (Å²) in [5.41, 5.74) is 1.56. The summed E-state index contributed by atoms with van der Waals surface area (Å²) in [4.78, 5) is 29.3. The molecule has 186 valence electrons. The zero-order chi connectivity index (χ0) is 24.9. The second-order valence-electron chi connectivity index (χ2n) is 9.52. The normalized spacial score (nSPS) is 17.4. The number of nitrogens with zero attached hydrogens (tertiary/aromatic N) is 2. The van der Waals surface area contributed by atoms with Crippen LogP contribution < -0.4 is 4.74 Å². The highest BCUT2D eigenvalue weighted by atomic mass is 19.2. The Balaban J connectivity index is 1.41. The maximum absolute atomic E-state index is 13.4. The Labute approximate surface area is 205 Å². The zero-order valence-corrected chi connectivity index (χ0v) is 20.3. The monoisotopic (exact) mass is 482 g/mol. The van der Waals surface area contributed by atoms with Gasteiger partial charge in [-0.25, -0.2) is 8.78 Å². The third kappa shape index (κ3) is 6.27. The minimum absolute atomic E-state index is 0.0465. The first-order valence-corrected chi connectivity index (χ1v) is 12.2. The zero-order valence-electron chi connectivity index (χ0n) is 20.3. The molecule has 0 N–H and O–H groups in total. The van der Waals surface area contributed by atoms with E-state index in [1.165, 1.54) is 18.2 Å². The number of piperidine rings is 1. The molecule has 1 aliphatic heterocycles. The summed E-state index contributed by atoms with van der Waals surface area (Å²) < 4.78 is 31.9. The molecule has 0 radical (unpaired) electrons. The molecule has 1 aliphatic carbocycles. The standard InChI is InChI=1S/C28H32F2N2O3/c1-31(28(34)22-8-9-22)26(18-20-4-3-5-23(16-20)35-2)21-12-14-32(15-13-21)27(33)11-7-19-6-10-24(29)25(30)17-19/h3-7,10-11,16-17,21-22,26H,8-9,12-15,18H2,1-2H3. The first-order valence-electron chi connectivity index (χ1n) is 12.2. The molecule has 2 aromatic carbocycles. The molecule has 1 atom stereocenters. The number of methoxy groups -OCH3 is 1. The van der Waals surface area contributed by atoms with E-state index in [0.717, 1.165) is 55.5 Å². The molecular formula is C28H32F2N2O3. The minimum atomic E-state index is -0.938. The molecule has 7 heteroatoms. The van der Waals surface area contributed by atoms with Gasteiger partial charge in [-0.05, 0) is 79.5 Å². The fourth-order valence-corrected chi connectivity index (χ4v) is 4.84. The Bertz CT molecular complexity index is 1090.